The van der Waals surface area contributed by atoms with Crippen LogP contribution in [0.3, 0.4) is 0 Å². The molecular formula is C29H17F6N3O2. The Labute approximate surface area is 222 Å². The Hall–Kier alpha value is -4.93. The Morgan fingerprint density at radius 3 is 2.40 bits per heavy atom. The van der Waals surface area contributed by atoms with Gasteiger partial charge in [0.05, 0.1) is 29.5 Å². The molecule has 0 saturated carbocycles. The van der Waals surface area contributed by atoms with Crippen LogP contribution in [-0.4, -0.2) is 15.3 Å². The first kappa shape index (κ1) is 26.7. The van der Waals surface area contributed by atoms with Crippen LogP contribution in [0, 0.1) is 22.9 Å². The quantitative estimate of drug-likeness (QED) is 0.266. The summed E-state index contributed by atoms with van der Waals surface area (Å²) in [5.41, 5.74) is -1.90. The molecule has 0 atom stereocenters. The van der Waals surface area contributed by atoms with Gasteiger partial charge in [0, 0.05) is 17.7 Å². The fourth-order valence-electron chi connectivity index (χ4n) is 4.29. The largest absolute Gasteiger partial charge is 0.457 e. The third-order valence-corrected chi connectivity index (χ3v) is 6.21. The van der Waals surface area contributed by atoms with Gasteiger partial charge in [-0.3, -0.25) is 4.79 Å². The first-order valence-corrected chi connectivity index (χ1v) is 11.6. The standard InChI is InChI=1S/C29H17F6N3O2/c1-15-5-6-16(9-24(15)36)19-3-2-4-26(27(19)29(33,34)35)40-18-7-8-25-20(12-18)28(39)37-14-38(25)13-21-22(31)10-17(30)11-23(21)32/h2-12,14,36H,1,13H2. The number of aromatic nitrogens is 2. The van der Waals surface area contributed by atoms with Crippen LogP contribution >= 0.6 is 0 Å². The van der Waals surface area contributed by atoms with Crippen LogP contribution < -0.4 is 10.3 Å². The van der Waals surface area contributed by atoms with E-state index in [4.69, 9.17) is 10.1 Å². The first-order chi connectivity index (χ1) is 18.9. The molecule has 0 amide bonds. The van der Waals surface area contributed by atoms with E-state index in [2.05, 4.69) is 11.6 Å². The van der Waals surface area contributed by atoms with Gasteiger partial charge < -0.3 is 14.7 Å². The number of fused-ring (bicyclic) bond motifs is 1. The van der Waals surface area contributed by atoms with Gasteiger partial charge in [-0.1, -0.05) is 30.9 Å². The number of hydrogen-bond acceptors (Lipinski definition) is 4. The Morgan fingerprint density at radius 1 is 1.00 bits per heavy atom. The minimum absolute atomic E-state index is 0.0318. The van der Waals surface area contributed by atoms with Crippen molar-refractivity contribution >= 4 is 22.2 Å². The van der Waals surface area contributed by atoms with Crippen LogP contribution in [0.15, 0.2) is 90.0 Å². The average Bonchev–Trinajstić information content (AvgIpc) is 2.88. The van der Waals surface area contributed by atoms with Gasteiger partial charge in [0.15, 0.2) is 0 Å². The summed E-state index contributed by atoms with van der Waals surface area (Å²) in [6.45, 7) is 3.22. The first-order valence-electron chi connectivity index (χ1n) is 11.6. The summed E-state index contributed by atoms with van der Waals surface area (Å²) < 4.78 is 91.3. The van der Waals surface area contributed by atoms with Crippen molar-refractivity contribution in [3.05, 3.63) is 130 Å². The van der Waals surface area contributed by atoms with Gasteiger partial charge in [-0.05, 0) is 47.1 Å². The monoisotopic (exact) mass is 553 g/mol. The summed E-state index contributed by atoms with van der Waals surface area (Å²) in [6.07, 6.45) is 0.345. The Balaban J connectivity index is 1.56. The molecular weight excluding hydrogens is 536 g/mol. The molecule has 0 radical (unpaired) electrons. The van der Waals surface area contributed by atoms with E-state index in [1.165, 1.54) is 53.1 Å². The van der Waals surface area contributed by atoms with Crippen molar-refractivity contribution in [1.29, 1.82) is 5.41 Å². The highest BCUT2D eigenvalue weighted by molar-refractivity contribution is 6.14. The summed E-state index contributed by atoms with van der Waals surface area (Å²) in [5, 5.41) is 7.83. The molecule has 0 fully saturated rings. The van der Waals surface area contributed by atoms with Gasteiger partial charge in [-0.15, -0.1) is 0 Å². The fraction of sp³-hybridized carbons (Fsp3) is 0.0690. The molecule has 1 aliphatic carbocycles. The van der Waals surface area contributed by atoms with Crippen LogP contribution in [0.4, 0.5) is 26.3 Å². The molecule has 11 heteroatoms. The highest BCUT2D eigenvalue weighted by Gasteiger charge is 2.38. The zero-order valence-corrected chi connectivity index (χ0v) is 20.3. The van der Waals surface area contributed by atoms with Gasteiger partial charge in [-0.25, -0.2) is 13.2 Å². The number of allylic oxidation sites excluding steroid dienone is 5. The molecule has 4 aromatic rings. The SMILES string of the molecule is C=C1C=CC(c2cccc(Oc3ccc4c(c3)c(=O)ncn4Cc3c(F)cc(F)cc3F)c2C(F)(F)F)=CC1=N. The van der Waals surface area contributed by atoms with E-state index in [-0.39, 0.29) is 33.5 Å². The maximum Gasteiger partial charge on any atom is 0.420 e. The Kier molecular flexibility index (Phi) is 6.66. The number of benzene rings is 3. The molecule has 1 heterocycles. The molecule has 0 bridgehead atoms. The molecule has 0 saturated heterocycles. The van der Waals surface area contributed by atoms with Crippen LogP contribution in [0.2, 0.25) is 0 Å². The molecule has 3 aromatic carbocycles. The van der Waals surface area contributed by atoms with E-state index in [1.54, 1.807) is 0 Å². The molecule has 0 spiro atoms. The van der Waals surface area contributed by atoms with E-state index >= 15 is 0 Å². The highest BCUT2D eigenvalue weighted by Crippen LogP contribution is 2.43. The molecule has 202 valence electrons. The van der Waals surface area contributed by atoms with E-state index in [0.717, 1.165) is 12.4 Å². The predicted molar refractivity (Wildman–Crippen MR) is 137 cm³/mol. The second-order valence-corrected chi connectivity index (χ2v) is 8.86. The average molecular weight is 553 g/mol. The topological polar surface area (TPSA) is 68.0 Å². The van der Waals surface area contributed by atoms with Crippen molar-refractivity contribution < 1.29 is 31.1 Å². The van der Waals surface area contributed by atoms with E-state index in [1.807, 2.05) is 0 Å². The van der Waals surface area contributed by atoms with Crippen molar-refractivity contribution in [2.45, 2.75) is 12.7 Å². The summed E-state index contributed by atoms with van der Waals surface area (Å²) in [5.74, 6) is -4.03. The van der Waals surface area contributed by atoms with Crippen molar-refractivity contribution in [3.8, 4) is 11.5 Å². The van der Waals surface area contributed by atoms with Crippen LogP contribution in [0.25, 0.3) is 16.5 Å². The number of nitrogens with zero attached hydrogens (tertiary/aromatic N) is 2. The number of rotatable bonds is 5. The van der Waals surface area contributed by atoms with Gasteiger partial charge in [0.25, 0.3) is 5.56 Å². The minimum Gasteiger partial charge on any atom is -0.457 e. The van der Waals surface area contributed by atoms with Crippen molar-refractivity contribution in [2.24, 2.45) is 0 Å². The van der Waals surface area contributed by atoms with Gasteiger partial charge >= 0.3 is 6.18 Å². The molecule has 5 rings (SSSR count). The normalized spacial score (nSPS) is 13.6. The maximum atomic E-state index is 14.3. The lowest BCUT2D eigenvalue weighted by molar-refractivity contribution is -0.138. The van der Waals surface area contributed by atoms with Crippen LogP contribution in [0.1, 0.15) is 16.7 Å². The third kappa shape index (κ3) is 5.05. The number of alkyl halides is 3. The van der Waals surface area contributed by atoms with Gasteiger partial charge in [-0.2, -0.15) is 18.2 Å². The molecule has 40 heavy (non-hydrogen) atoms. The number of ether oxygens (including phenoxy) is 1. The number of nitrogens with one attached hydrogen (secondary N) is 1. The smallest absolute Gasteiger partial charge is 0.420 e. The zero-order valence-electron chi connectivity index (χ0n) is 20.3. The van der Waals surface area contributed by atoms with Gasteiger partial charge in [0.2, 0.25) is 0 Å². The molecule has 1 N–H and O–H groups in total. The molecule has 0 unspecified atom stereocenters. The molecule has 5 nitrogen and oxygen atoms in total. The molecule has 0 aliphatic heterocycles. The Morgan fingerprint density at radius 2 is 1.73 bits per heavy atom. The van der Waals surface area contributed by atoms with Crippen LogP contribution in [0.5, 0.6) is 11.5 Å². The molecule has 1 aromatic heterocycles. The lowest BCUT2D eigenvalue weighted by Gasteiger charge is -2.20. The maximum absolute atomic E-state index is 14.3. The summed E-state index contributed by atoms with van der Waals surface area (Å²) >= 11 is 0. The van der Waals surface area contributed by atoms with E-state index < -0.39 is 52.6 Å². The van der Waals surface area contributed by atoms with E-state index in [0.29, 0.717) is 17.7 Å². The second-order valence-electron chi connectivity index (χ2n) is 8.86. The summed E-state index contributed by atoms with van der Waals surface area (Å²) in [7, 11) is 0. The lowest BCUT2D eigenvalue weighted by atomic mass is 9.92. The van der Waals surface area contributed by atoms with E-state index in [9.17, 15) is 31.1 Å². The summed E-state index contributed by atoms with van der Waals surface area (Å²) in [6, 6.07) is 8.58. The predicted octanol–water partition coefficient (Wildman–Crippen LogP) is 7.20. The fourth-order valence-corrected chi connectivity index (χ4v) is 4.29. The molecule has 1 aliphatic rings. The third-order valence-electron chi connectivity index (χ3n) is 6.21. The van der Waals surface area contributed by atoms with Crippen molar-refractivity contribution in [1.82, 2.24) is 9.55 Å². The lowest BCUT2D eigenvalue weighted by Crippen LogP contribution is -2.15. The van der Waals surface area contributed by atoms with Crippen molar-refractivity contribution in [3.63, 3.8) is 0 Å². The number of halogens is 6. The van der Waals surface area contributed by atoms with Crippen molar-refractivity contribution in [2.75, 3.05) is 0 Å². The van der Waals surface area contributed by atoms with Gasteiger partial charge in [0.1, 0.15) is 34.5 Å². The number of hydrogen-bond donors (Lipinski definition) is 1. The second kappa shape index (κ2) is 9.99. The van der Waals surface area contributed by atoms with Crippen LogP contribution in [-0.2, 0) is 12.7 Å². The zero-order chi connectivity index (χ0) is 28.8. The highest BCUT2D eigenvalue weighted by atomic mass is 19.4. The summed E-state index contributed by atoms with van der Waals surface area (Å²) in [4.78, 5) is 16.2. The Bertz CT molecular complexity index is 1810. The minimum atomic E-state index is -4.84.